The third kappa shape index (κ3) is 2.81. The molecule has 2 aromatic heterocycles. The zero-order valence-electron chi connectivity index (χ0n) is 9.46. The van der Waals surface area contributed by atoms with Crippen LogP contribution < -0.4 is 10.1 Å². The van der Waals surface area contributed by atoms with E-state index in [1.807, 2.05) is 0 Å². The van der Waals surface area contributed by atoms with Crippen LogP contribution in [0.25, 0.3) is 0 Å². The molecule has 2 heterocycles. The van der Waals surface area contributed by atoms with Crippen molar-refractivity contribution in [3.05, 3.63) is 5.89 Å². The number of anilines is 1. The van der Waals surface area contributed by atoms with E-state index in [-0.39, 0.29) is 6.01 Å². The predicted octanol–water partition coefficient (Wildman–Crippen LogP) is 0.765. The van der Waals surface area contributed by atoms with Gasteiger partial charge < -0.3 is 14.5 Å². The van der Waals surface area contributed by atoms with Crippen molar-refractivity contribution < 1.29 is 9.15 Å². The van der Waals surface area contributed by atoms with E-state index in [1.165, 1.54) is 7.11 Å². The van der Waals surface area contributed by atoms with Gasteiger partial charge in [-0.15, -0.1) is 10.2 Å². The van der Waals surface area contributed by atoms with Gasteiger partial charge in [-0.1, -0.05) is 0 Å². The first-order valence-corrected chi connectivity index (χ1v) is 5.48. The Kier molecular flexibility index (Phi) is 3.38. The molecule has 8 nitrogen and oxygen atoms in total. The summed E-state index contributed by atoms with van der Waals surface area (Å²) in [7, 11) is 3.19. The predicted molar refractivity (Wildman–Crippen MR) is 59.1 cm³/mol. The van der Waals surface area contributed by atoms with Crippen molar-refractivity contribution in [1.29, 1.82) is 0 Å². The van der Waals surface area contributed by atoms with Crippen molar-refractivity contribution in [2.45, 2.75) is 17.3 Å². The minimum absolute atomic E-state index is 0.225. The van der Waals surface area contributed by atoms with Gasteiger partial charge in [-0.2, -0.15) is 15.0 Å². The van der Waals surface area contributed by atoms with Gasteiger partial charge in [-0.25, -0.2) is 0 Å². The summed E-state index contributed by atoms with van der Waals surface area (Å²) in [5.41, 5.74) is 0. The van der Waals surface area contributed by atoms with Crippen molar-refractivity contribution in [2.24, 2.45) is 0 Å². The van der Waals surface area contributed by atoms with Crippen LogP contribution in [-0.2, 0) is 0 Å². The summed E-state index contributed by atoms with van der Waals surface area (Å²) >= 11 is 1.14. The van der Waals surface area contributed by atoms with E-state index in [1.54, 1.807) is 14.0 Å². The Bertz CT molecular complexity index is 494. The molecule has 0 aliphatic rings. The Hall–Kier alpha value is -1.90. The highest BCUT2D eigenvalue weighted by molar-refractivity contribution is 7.98. The number of ether oxygens (including phenoxy) is 1. The highest BCUT2D eigenvalue weighted by Gasteiger charge is 2.11. The number of methoxy groups -OCH3 is 1. The van der Waals surface area contributed by atoms with E-state index < -0.39 is 0 Å². The molecule has 0 fully saturated rings. The van der Waals surface area contributed by atoms with Gasteiger partial charge in [0, 0.05) is 25.7 Å². The van der Waals surface area contributed by atoms with Gasteiger partial charge in [-0.3, -0.25) is 0 Å². The number of nitrogens with one attached hydrogen (secondary N) is 1. The molecule has 17 heavy (non-hydrogen) atoms. The highest BCUT2D eigenvalue weighted by atomic mass is 32.2. The zero-order chi connectivity index (χ0) is 12.3. The fourth-order valence-corrected chi connectivity index (χ4v) is 1.64. The molecule has 90 valence electrons. The summed E-state index contributed by atoms with van der Waals surface area (Å²) in [6.07, 6.45) is 0. The second-order valence-corrected chi connectivity index (χ2v) is 3.79. The summed E-state index contributed by atoms with van der Waals surface area (Å²) in [6, 6.07) is 0.225. The maximum absolute atomic E-state index is 5.21. The van der Waals surface area contributed by atoms with Crippen LogP contribution in [0, 0.1) is 6.92 Å². The van der Waals surface area contributed by atoms with E-state index in [9.17, 15) is 0 Å². The van der Waals surface area contributed by atoms with Gasteiger partial charge in [0.1, 0.15) is 0 Å². The summed E-state index contributed by atoms with van der Waals surface area (Å²) in [5, 5.41) is 11.2. The average Bonchev–Trinajstić information content (AvgIpc) is 2.74. The Morgan fingerprint density at radius 2 is 2.06 bits per heavy atom. The monoisotopic (exact) mass is 254 g/mol. The van der Waals surface area contributed by atoms with Gasteiger partial charge in [0.05, 0.1) is 7.11 Å². The fourth-order valence-electron chi connectivity index (χ4n) is 0.985. The molecule has 0 saturated carbocycles. The van der Waals surface area contributed by atoms with Crippen molar-refractivity contribution in [3.8, 4) is 6.01 Å². The molecule has 0 aliphatic carbocycles. The van der Waals surface area contributed by atoms with Gasteiger partial charge in [0.25, 0.3) is 5.22 Å². The minimum Gasteiger partial charge on any atom is -0.467 e. The van der Waals surface area contributed by atoms with E-state index in [2.05, 4.69) is 30.5 Å². The van der Waals surface area contributed by atoms with Gasteiger partial charge >= 0.3 is 6.01 Å². The summed E-state index contributed by atoms with van der Waals surface area (Å²) in [5.74, 6) is 0.901. The lowest BCUT2D eigenvalue weighted by Gasteiger charge is -2.03. The quantitative estimate of drug-likeness (QED) is 0.847. The van der Waals surface area contributed by atoms with Gasteiger partial charge in [-0.05, 0) is 0 Å². The summed E-state index contributed by atoms with van der Waals surface area (Å²) in [6.45, 7) is 1.71. The molecule has 0 radical (unpaired) electrons. The molecule has 0 bridgehead atoms. The molecule has 0 atom stereocenters. The number of hydrogen-bond acceptors (Lipinski definition) is 9. The Morgan fingerprint density at radius 3 is 2.65 bits per heavy atom. The molecular formula is C8H10N6O2S. The minimum atomic E-state index is 0.225. The van der Waals surface area contributed by atoms with E-state index in [0.717, 1.165) is 11.8 Å². The van der Waals surface area contributed by atoms with Crippen LogP contribution in [0.2, 0.25) is 0 Å². The van der Waals surface area contributed by atoms with E-state index in [0.29, 0.717) is 22.2 Å². The normalized spacial score (nSPS) is 10.3. The average molecular weight is 254 g/mol. The maximum Gasteiger partial charge on any atom is 0.321 e. The first-order valence-electron chi connectivity index (χ1n) is 4.67. The van der Waals surface area contributed by atoms with Crippen molar-refractivity contribution in [2.75, 3.05) is 19.5 Å². The van der Waals surface area contributed by atoms with Crippen molar-refractivity contribution in [1.82, 2.24) is 25.1 Å². The lowest BCUT2D eigenvalue weighted by Crippen LogP contribution is -2.02. The second-order valence-electron chi connectivity index (χ2n) is 2.87. The Balaban J connectivity index is 2.25. The van der Waals surface area contributed by atoms with Crippen LogP contribution in [0.4, 0.5) is 5.95 Å². The Morgan fingerprint density at radius 1 is 1.24 bits per heavy atom. The van der Waals surface area contributed by atoms with Crippen LogP contribution in [0.1, 0.15) is 5.89 Å². The topological polar surface area (TPSA) is 98.9 Å². The molecule has 0 aromatic carbocycles. The first kappa shape index (κ1) is 11.6. The lowest BCUT2D eigenvalue weighted by atomic mass is 10.8. The van der Waals surface area contributed by atoms with Gasteiger partial charge in [0.15, 0.2) is 0 Å². The largest absolute Gasteiger partial charge is 0.467 e. The van der Waals surface area contributed by atoms with Crippen LogP contribution >= 0.6 is 11.8 Å². The first-order chi connectivity index (χ1) is 8.21. The molecule has 1 N–H and O–H groups in total. The van der Waals surface area contributed by atoms with Crippen LogP contribution in [0.5, 0.6) is 6.01 Å². The molecule has 0 unspecified atom stereocenters. The molecule has 2 aromatic rings. The summed E-state index contributed by atoms with van der Waals surface area (Å²) < 4.78 is 10.2. The molecule has 9 heteroatoms. The number of nitrogens with zero attached hydrogens (tertiary/aromatic N) is 5. The van der Waals surface area contributed by atoms with E-state index >= 15 is 0 Å². The molecule has 0 saturated heterocycles. The third-order valence-corrected chi connectivity index (χ3v) is 2.39. The number of rotatable bonds is 4. The lowest BCUT2D eigenvalue weighted by molar-refractivity contribution is 0.373. The van der Waals surface area contributed by atoms with E-state index in [4.69, 9.17) is 9.15 Å². The number of aromatic nitrogens is 5. The highest BCUT2D eigenvalue weighted by Crippen LogP contribution is 2.24. The standard InChI is InChI=1S/C8H10N6O2S/c1-4-13-14-8(16-4)17-7-11-5(9-2)10-6(12-7)15-3/h1-3H3,(H,9,10,11,12). The molecular weight excluding hydrogens is 244 g/mol. The summed E-state index contributed by atoms with van der Waals surface area (Å²) in [4.78, 5) is 12.2. The molecule has 0 amide bonds. The maximum atomic E-state index is 5.21. The smallest absolute Gasteiger partial charge is 0.321 e. The Labute approximate surface area is 101 Å². The molecule has 2 rings (SSSR count). The zero-order valence-corrected chi connectivity index (χ0v) is 10.3. The van der Waals surface area contributed by atoms with Crippen LogP contribution in [-0.4, -0.2) is 39.3 Å². The third-order valence-electron chi connectivity index (χ3n) is 1.69. The second kappa shape index (κ2) is 4.95. The SMILES string of the molecule is CNc1nc(OC)nc(Sc2nnc(C)o2)n1. The molecule has 0 spiro atoms. The van der Waals surface area contributed by atoms with Crippen LogP contribution in [0.15, 0.2) is 14.8 Å². The van der Waals surface area contributed by atoms with Gasteiger partial charge in [0.2, 0.25) is 17.0 Å². The molecule has 0 aliphatic heterocycles. The fraction of sp³-hybridized carbons (Fsp3) is 0.375. The number of hydrogen-bond donors (Lipinski definition) is 1. The number of aryl methyl sites for hydroxylation is 1. The van der Waals surface area contributed by atoms with Crippen molar-refractivity contribution >= 4 is 17.7 Å². The van der Waals surface area contributed by atoms with Crippen LogP contribution in [0.3, 0.4) is 0 Å². The van der Waals surface area contributed by atoms with Crippen molar-refractivity contribution in [3.63, 3.8) is 0 Å².